The highest BCUT2D eigenvalue weighted by Gasteiger charge is 2.16. The minimum absolute atomic E-state index is 0.203. The van der Waals surface area contributed by atoms with Crippen molar-refractivity contribution >= 4 is 28.6 Å². The Morgan fingerprint density at radius 3 is 2.77 bits per heavy atom. The molecule has 3 heterocycles. The Hall–Kier alpha value is -3.00. The molecule has 26 heavy (non-hydrogen) atoms. The molecule has 2 N–H and O–H groups in total. The Morgan fingerprint density at radius 1 is 1.15 bits per heavy atom. The summed E-state index contributed by atoms with van der Waals surface area (Å²) in [6, 6.07) is 7.60. The van der Waals surface area contributed by atoms with E-state index in [4.69, 9.17) is 9.47 Å². The van der Waals surface area contributed by atoms with Crippen LogP contribution in [0.5, 0.6) is 5.75 Å². The van der Waals surface area contributed by atoms with Crippen molar-refractivity contribution in [2.45, 2.75) is 18.9 Å². The molecule has 8 nitrogen and oxygen atoms in total. The summed E-state index contributed by atoms with van der Waals surface area (Å²) in [6.45, 7) is 1.49. The van der Waals surface area contributed by atoms with E-state index in [0.717, 1.165) is 30.9 Å². The van der Waals surface area contributed by atoms with Gasteiger partial charge in [0.2, 0.25) is 5.95 Å². The second kappa shape index (κ2) is 7.49. The third kappa shape index (κ3) is 3.65. The van der Waals surface area contributed by atoms with Gasteiger partial charge in [0.05, 0.1) is 13.2 Å². The molecule has 0 spiro atoms. The van der Waals surface area contributed by atoms with Gasteiger partial charge in [0.1, 0.15) is 5.75 Å². The standard InChI is InChI=1S/C18H20N6O2/c1-25-13-6-4-12(5-7-13)22-17-15-16(20-9-8-19-15)23-18(24-17)21-11-14-3-2-10-26-14/h4-9,14H,2-3,10-11H2,1H3,(H2,20,21,22,23,24). The first-order chi connectivity index (χ1) is 12.8. The van der Waals surface area contributed by atoms with E-state index in [2.05, 4.69) is 30.6 Å². The van der Waals surface area contributed by atoms with Crippen LogP contribution in [0.3, 0.4) is 0 Å². The van der Waals surface area contributed by atoms with Crippen molar-refractivity contribution in [1.82, 2.24) is 19.9 Å². The van der Waals surface area contributed by atoms with Crippen LogP contribution in [0.2, 0.25) is 0 Å². The first-order valence-electron chi connectivity index (χ1n) is 8.57. The smallest absolute Gasteiger partial charge is 0.226 e. The number of fused-ring (bicyclic) bond motifs is 1. The first-order valence-corrected chi connectivity index (χ1v) is 8.57. The highest BCUT2D eigenvalue weighted by Crippen LogP contribution is 2.24. The molecular weight excluding hydrogens is 332 g/mol. The SMILES string of the molecule is COc1ccc(Nc2nc(NCC3CCCO3)nc3nccnc23)cc1. The zero-order valence-electron chi connectivity index (χ0n) is 14.5. The van der Waals surface area contributed by atoms with Crippen LogP contribution in [-0.4, -0.2) is 46.3 Å². The van der Waals surface area contributed by atoms with Crippen LogP contribution in [0, 0.1) is 0 Å². The Bertz CT molecular complexity index is 880. The second-order valence-electron chi connectivity index (χ2n) is 5.99. The lowest BCUT2D eigenvalue weighted by Gasteiger charge is -2.13. The van der Waals surface area contributed by atoms with Crippen molar-refractivity contribution in [1.29, 1.82) is 0 Å². The molecule has 1 unspecified atom stereocenters. The van der Waals surface area contributed by atoms with Gasteiger partial charge in [-0.2, -0.15) is 9.97 Å². The van der Waals surface area contributed by atoms with Crippen LogP contribution in [-0.2, 0) is 4.74 Å². The number of rotatable bonds is 6. The number of hydrogen-bond donors (Lipinski definition) is 2. The van der Waals surface area contributed by atoms with Gasteiger partial charge in [-0.3, -0.25) is 0 Å². The number of benzene rings is 1. The lowest BCUT2D eigenvalue weighted by molar-refractivity contribution is 0.120. The molecule has 0 bridgehead atoms. The van der Waals surface area contributed by atoms with Crippen molar-refractivity contribution in [2.75, 3.05) is 30.9 Å². The van der Waals surface area contributed by atoms with E-state index in [1.807, 2.05) is 24.3 Å². The molecular formula is C18H20N6O2. The highest BCUT2D eigenvalue weighted by atomic mass is 16.5. The fraction of sp³-hybridized carbons (Fsp3) is 0.333. The molecule has 2 aromatic heterocycles. The van der Waals surface area contributed by atoms with E-state index in [0.29, 0.717) is 29.5 Å². The number of methoxy groups -OCH3 is 1. The molecule has 0 aliphatic carbocycles. The summed E-state index contributed by atoms with van der Waals surface area (Å²) >= 11 is 0. The second-order valence-corrected chi connectivity index (χ2v) is 5.99. The van der Waals surface area contributed by atoms with Crippen molar-refractivity contribution in [3.8, 4) is 5.75 Å². The number of aromatic nitrogens is 4. The molecule has 4 rings (SSSR count). The molecule has 1 atom stereocenters. The Labute approximate surface area is 151 Å². The van der Waals surface area contributed by atoms with E-state index >= 15 is 0 Å². The molecule has 8 heteroatoms. The number of hydrogen-bond acceptors (Lipinski definition) is 8. The predicted molar refractivity (Wildman–Crippen MR) is 98.9 cm³/mol. The first kappa shape index (κ1) is 16.5. The monoisotopic (exact) mass is 352 g/mol. The third-order valence-electron chi connectivity index (χ3n) is 4.20. The number of nitrogens with one attached hydrogen (secondary N) is 2. The maximum atomic E-state index is 5.64. The molecule has 0 saturated carbocycles. The molecule has 0 amide bonds. The summed E-state index contributed by atoms with van der Waals surface area (Å²) in [5.74, 6) is 1.90. The topological polar surface area (TPSA) is 94.1 Å². The molecule has 3 aromatic rings. The predicted octanol–water partition coefficient (Wildman–Crippen LogP) is 2.76. The van der Waals surface area contributed by atoms with Gasteiger partial charge in [-0.05, 0) is 37.1 Å². The largest absolute Gasteiger partial charge is 0.497 e. The zero-order valence-corrected chi connectivity index (χ0v) is 14.5. The fourth-order valence-electron chi connectivity index (χ4n) is 2.85. The van der Waals surface area contributed by atoms with Crippen molar-refractivity contribution in [3.05, 3.63) is 36.7 Å². The lowest BCUT2D eigenvalue weighted by Crippen LogP contribution is -2.20. The molecule has 1 saturated heterocycles. The van der Waals surface area contributed by atoms with Gasteiger partial charge in [0, 0.05) is 31.2 Å². The van der Waals surface area contributed by atoms with Gasteiger partial charge >= 0.3 is 0 Å². The van der Waals surface area contributed by atoms with E-state index < -0.39 is 0 Å². The minimum Gasteiger partial charge on any atom is -0.497 e. The summed E-state index contributed by atoms with van der Waals surface area (Å²) in [6.07, 6.45) is 5.60. The molecule has 1 aromatic carbocycles. The van der Waals surface area contributed by atoms with Gasteiger partial charge in [0.15, 0.2) is 17.0 Å². The van der Waals surface area contributed by atoms with E-state index in [1.165, 1.54) is 0 Å². The Balaban J connectivity index is 1.60. The maximum absolute atomic E-state index is 5.64. The van der Waals surface area contributed by atoms with E-state index in [9.17, 15) is 0 Å². The molecule has 1 aliphatic heterocycles. The number of ether oxygens (including phenoxy) is 2. The van der Waals surface area contributed by atoms with Crippen LogP contribution in [0.25, 0.3) is 11.2 Å². The number of anilines is 3. The van der Waals surface area contributed by atoms with Gasteiger partial charge in [0.25, 0.3) is 0 Å². The fourth-order valence-corrected chi connectivity index (χ4v) is 2.85. The van der Waals surface area contributed by atoms with Gasteiger partial charge < -0.3 is 20.1 Å². The number of nitrogens with zero attached hydrogens (tertiary/aromatic N) is 4. The van der Waals surface area contributed by atoms with Crippen LogP contribution in [0.4, 0.5) is 17.5 Å². The Kier molecular flexibility index (Phi) is 4.74. The van der Waals surface area contributed by atoms with Crippen LogP contribution >= 0.6 is 0 Å². The molecule has 134 valence electrons. The minimum atomic E-state index is 0.203. The van der Waals surface area contributed by atoms with Crippen LogP contribution in [0.15, 0.2) is 36.7 Å². The van der Waals surface area contributed by atoms with Gasteiger partial charge in [-0.1, -0.05) is 0 Å². The zero-order chi connectivity index (χ0) is 17.8. The third-order valence-corrected chi connectivity index (χ3v) is 4.20. The summed E-state index contributed by atoms with van der Waals surface area (Å²) in [7, 11) is 1.64. The lowest BCUT2D eigenvalue weighted by atomic mass is 10.2. The molecule has 1 aliphatic rings. The van der Waals surface area contributed by atoms with Gasteiger partial charge in [-0.25, -0.2) is 9.97 Å². The highest BCUT2D eigenvalue weighted by molar-refractivity contribution is 5.85. The van der Waals surface area contributed by atoms with Crippen molar-refractivity contribution < 1.29 is 9.47 Å². The normalized spacial score (nSPS) is 16.6. The average Bonchev–Trinajstić information content (AvgIpc) is 3.21. The summed E-state index contributed by atoms with van der Waals surface area (Å²) in [5, 5.41) is 6.53. The summed E-state index contributed by atoms with van der Waals surface area (Å²) < 4.78 is 10.8. The quantitative estimate of drug-likeness (QED) is 0.699. The molecule has 0 radical (unpaired) electrons. The Morgan fingerprint density at radius 2 is 2.00 bits per heavy atom. The van der Waals surface area contributed by atoms with Crippen LogP contribution < -0.4 is 15.4 Å². The van der Waals surface area contributed by atoms with Crippen molar-refractivity contribution in [2.24, 2.45) is 0 Å². The summed E-state index contributed by atoms with van der Waals surface area (Å²) in [4.78, 5) is 17.7. The maximum Gasteiger partial charge on any atom is 0.226 e. The summed E-state index contributed by atoms with van der Waals surface area (Å²) in [5.41, 5.74) is 2.03. The van der Waals surface area contributed by atoms with E-state index in [-0.39, 0.29) is 6.10 Å². The van der Waals surface area contributed by atoms with Gasteiger partial charge in [-0.15, -0.1) is 0 Å². The average molecular weight is 352 g/mol. The molecule has 1 fully saturated rings. The van der Waals surface area contributed by atoms with Crippen LogP contribution in [0.1, 0.15) is 12.8 Å². The van der Waals surface area contributed by atoms with E-state index in [1.54, 1.807) is 19.5 Å². The van der Waals surface area contributed by atoms with Crippen molar-refractivity contribution in [3.63, 3.8) is 0 Å².